The molecule has 6 heterocycles. The number of aryl methyl sites for hydroxylation is 1. The number of rotatable bonds is 10. The number of fused-ring (bicyclic) bond motifs is 2. The van der Waals surface area contributed by atoms with Crippen LogP contribution in [0.3, 0.4) is 0 Å². The van der Waals surface area contributed by atoms with Crippen LogP contribution in [0.1, 0.15) is 121 Å². The lowest BCUT2D eigenvalue weighted by molar-refractivity contribution is -0.136. The third-order valence-corrected chi connectivity index (χ3v) is 13.1. The largest absolute Gasteiger partial charge is 0.386 e. The van der Waals surface area contributed by atoms with E-state index >= 15 is 0 Å². The minimum Gasteiger partial charge on any atom is -0.386 e. The summed E-state index contributed by atoms with van der Waals surface area (Å²) in [6, 6.07) is 13.8. The highest BCUT2D eigenvalue weighted by Crippen LogP contribution is 2.40. The Morgan fingerprint density at radius 2 is 1.63 bits per heavy atom. The maximum atomic E-state index is 13.4. The maximum Gasteiger partial charge on any atom is 0.274 e. The molecular formula is C45H54N8O6. The molecule has 3 N–H and O–H groups in total. The summed E-state index contributed by atoms with van der Waals surface area (Å²) < 4.78 is 2.06. The quantitative estimate of drug-likeness (QED) is 0.172. The number of carbonyl (C=O) groups is 5. The topological polar surface area (TPSA) is 170 Å². The number of pyridine rings is 1. The summed E-state index contributed by atoms with van der Waals surface area (Å²) in [6.45, 7) is 14.7. The fourth-order valence-electron chi connectivity index (χ4n) is 9.38. The van der Waals surface area contributed by atoms with Crippen LogP contribution in [0.4, 0.5) is 11.4 Å². The van der Waals surface area contributed by atoms with E-state index in [9.17, 15) is 29.1 Å². The number of anilines is 2. The molecule has 310 valence electrons. The van der Waals surface area contributed by atoms with Gasteiger partial charge in [0.15, 0.2) is 0 Å². The van der Waals surface area contributed by atoms with Crippen molar-refractivity contribution in [3.8, 4) is 0 Å². The second-order valence-corrected chi connectivity index (χ2v) is 18.0. The van der Waals surface area contributed by atoms with E-state index in [1.807, 2.05) is 31.2 Å². The van der Waals surface area contributed by atoms with Crippen molar-refractivity contribution >= 4 is 51.8 Å². The number of benzene rings is 2. The molecule has 0 bridgehead atoms. The second-order valence-electron chi connectivity index (χ2n) is 18.0. The van der Waals surface area contributed by atoms with Crippen LogP contribution in [0, 0.1) is 18.3 Å². The molecule has 14 heteroatoms. The molecule has 3 fully saturated rings. The Balaban J connectivity index is 0.839. The summed E-state index contributed by atoms with van der Waals surface area (Å²) >= 11 is 0. The molecule has 2 aromatic carbocycles. The van der Waals surface area contributed by atoms with Crippen molar-refractivity contribution in [2.75, 3.05) is 42.9 Å². The highest BCUT2D eigenvalue weighted by molar-refractivity contribution is 6.23. The summed E-state index contributed by atoms with van der Waals surface area (Å²) in [5, 5.41) is 22.1. The van der Waals surface area contributed by atoms with Crippen LogP contribution in [0.15, 0.2) is 54.7 Å². The van der Waals surface area contributed by atoms with Crippen molar-refractivity contribution in [1.82, 2.24) is 29.9 Å². The number of likely N-dealkylation sites (tertiary alicyclic amines) is 1. The van der Waals surface area contributed by atoms with Crippen molar-refractivity contribution in [1.29, 1.82) is 0 Å². The van der Waals surface area contributed by atoms with E-state index in [4.69, 9.17) is 5.10 Å². The molecule has 0 saturated carbocycles. The lowest BCUT2D eigenvalue weighted by Crippen LogP contribution is -2.54. The molecule has 4 aliphatic heterocycles. The molecule has 0 spiro atoms. The van der Waals surface area contributed by atoms with Gasteiger partial charge in [-0.25, -0.2) is 4.98 Å². The summed E-state index contributed by atoms with van der Waals surface area (Å²) in [7, 11) is 0. The van der Waals surface area contributed by atoms with Crippen LogP contribution in [-0.2, 0) is 15.2 Å². The maximum absolute atomic E-state index is 13.4. The summed E-state index contributed by atoms with van der Waals surface area (Å²) in [6.07, 6.45) is 7.38. The van der Waals surface area contributed by atoms with Gasteiger partial charge in [-0.1, -0.05) is 19.9 Å². The number of piperidine rings is 3. The Hall–Kier alpha value is -5.47. The predicted molar refractivity (Wildman–Crippen MR) is 223 cm³/mol. The second kappa shape index (κ2) is 15.6. The molecular weight excluding hydrogens is 749 g/mol. The van der Waals surface area contributed by atoms with Gasteiger partial charge in [-0.05, 0) is 120 Å². The van der Waals surface area contributed by atoms with Gasteiger partial charge in [-0.15, -0.1) is 0 Å². The third-order valence-electron chi connectivity index (χ3n) is 13.1. The van der Waals surface area contributed by atoms with Crippen molar-refractivity contribution in [3.63, 3.8) is 0 Å². The van der Waals surface area contributed by atoms with Gasteiger partial charge >= 0.3 is 0 Å². The van der Waals surface area contributed by atoms with Gasteiger partial charge < -0.3 is 20.2 Å². The van der Waals surface area contributed by atoms with Crippen LogP contribution >= 0.6 is 0 Å². The van der Waals surface area contributed by atoms with Gasteiger partial charge in [0.25, 0.3) is 17.7 Å². The number of nitrogens with zero attached hydrogens (tertiary/aromatic N) is 6. The molecule has 0 radical (unpaired) electrons. The van der Waals surface area contributed by atoms with Crippen molar-refractivity contribution in [3.05, 3.63) is 82.8 Å². The molecule has 2 aromatic heterocycles. The molecule has 59 heavy (non-hydrogen) atoms. The zero-order chi connectivity index (χ0) is 41.8. The van der Waals surface area contributed by atoms with Crippen LogP contribution in [-0.4, -0.2) is 98.0 Å². The van der Waals surface area contributed by atoms with Crippen LogP contribution in [0.25, 0.3) is 10.9 Å². The van der Waals surface area contributed by atoms with Crippen LogP contribution < -0.4 is 15.5 Å². The molecule has 4 aromatic rings. The highest BCUT2D eigenvalue weighted by Gasteiger charge is 2.45. The average molecular weight is 803 g/mol. The molecule has 8 rings (SSSR count). The average Bonchev–Trinajstić information content (AvgIpc) is 3.73. The normalized spacial score (nSPS) is 20.1. The Labute approximate surface area is 344 Å². The minimum absolute atomic E-state index is 0.0931. The van der Waals surface area contributed by atoms with E-state index in [0.29, 0.717) is 34.0 Å². The smallest absolute Gasteiger partial charge is 0.274 e. The van der Waals surface area contributed by atoms with E-state index < -0.39 is 29.4 Å². The SMILES string of the molecule is Cc1cccc(C(=O)Nc2cc3cn(C4CCN(CCC(C)(C)C5CCN(c6ccc7c(c6)C(=O)N(C6CCC(=O)NC6=O)C7=O)CC5)CC4)nc3cc2C(C)(C)O)n1. The zero-order valence-corrected chi connectivity index (χ0v) is 34.6. The summed E-state index contributed by atoms with van der Waals surface area (Å²) in [4.78, 5) is 74.1. The van der Waals surface area contributed by atoms with E-state index in [1.54, 1.807) is 38.1 Å². The molecule has 4 aliphatic rings. The molecule has 5 amide bonds. The molecule has 3 saturated heterocycles. The van der Waals surface area contributed by atoms with Crippen LogP contribution in [0.2, 0.25) is 0 Å². The van der Waals surface area contributed by atoms with Gasteiger partial charge in [-0.3, -0.25) is 38.9 Å². The Morgan fingerprint density at radius 1 is 0.898 bits per heavy atom. The Morgan fingerprint density at radius 3 is 2.32 bits per heavy atom. The fourth-order valence-corrected chi connectivity index (χ4v) is 9.38. The monoisotopic (exact) mass is 802 g/mol. The van der Waals surface area contributed by atoms with Gasteiger partial charge in [0.2, 0.25) is 11.8 Å². The van der Waals surface area contributed by atoms with Crippen molar-refractivity contribution in [2.24, 2.45) is 11.3 Å². The standard InChI is InChI=1S/C45H54N8O6/c1-27-7-6-8-35(46-27)40(55)47-37-23-28-26-52(49-36(28)25-34(37)45(4,5)59)30-15-18-50(19-16-30)22-17-44(2,3)29-13-20-51(21-14-29)31-9-10-32-33(24-31)43(58)53(42(32)57)38-11-12-39(54)48-41(38)56/h6-10,23-26,29-30,38,59H,11-22H2,1-5H3,(H,47,55)(H,48,54,56). The van der Waals surface area contributed by atoms with Gasteiger partial charge in [0, 0.05) is 66.8 Å². The number of aromatic nitrogens is 3. The molecule has 1 unspecified atom stereocenters. The zero-order valence-electron chi connectivity index (χ0n) is 34.6. The number of hydrogen-bond donors (Lipinski definition) is 3. The summed E-state index contributed by atoms with van der Waals surface area (Å²) in [5.41, 5.74) is 3.45. The highest BCUT2D eigenvalue weighted by atomic mass is 16.3. The number of nitrogens with one attached hydrogen (secondary N) is 2. The number of amides is 5. The molecule has 0 aliphatic carbocycles. The first-order chi connectivity index (χ1) is 28.1. The fraction of sp³-hybridized carbons (Fsp3) is 0.489. The van der Waals surface area contributed by atoms with Crippen molar-refractivity contribution in [2.45, 2.75) is 97.2 Å². The van der Waals surface area contributed by atoms with E-state index in [-0.39, 0.29) is 36.1 Å². The lowest BCUT2D eigenvalue weighted by atomic mass is 9.71. The minimum atomic E-state index is -1.20. The third kappa shape index (κ3) is 8.12. The number of carbonyl (C=O) groups excluding carboxylic acids is 5. The van der Waals surface area contributed by atoms with Crippen LogP contribution in [0.5, 0.6) is 0 Å². The lowest BCUT2D eigenvalue weighted by Gasteiger charge is -2.43. The van der Waals surface area contributed by atoms with Gasteiger partial charge in [0.1, 0.15) is 11.7 Å². The Bertz CT molecular complexity index is 2330. The first kappa shape index (κ1) is 40.3. The van der Waals surface area contributed by atoms with E-state index in [0.717, 1.165) is 92.0 Å². The first-order valence-corrected chi connectivity index (χ1v) is 20.9. The van der Waals surface area contributed by atoms with E-state index in [2.05, 4.69) is 50.1 Å². The Kier molecular flexibility index (Phi) is 10.7. The first-order valence-electron chi connectivity index (χ1n) is 20.9. The van der Waals surface area contributed by atoms with E-state index in [1.165, 1.54) is 0 Å². The molecule has 1 atom stereocenters. The number of hydrogen-bond acceptors (Lipinski definition) is 10. The molecule has 14 nitrogen and oxygen atoms in total. The number of aliphatic hydroxyl groups is 1. The predicted octanol–water partition coefficient (Wildman–Crippen LogP) is 5.59. The van der Waals surface area contributed by atoms with Gasteiger partial charge in [-0.2, -0.15) is 5.10 Å². The summed E-state index contributed by atoms with van der Waals surface area (Å²) in [5.74, 6) is -1.74. The van der Waals surface area contributed by atoms with Crippen molar-refractivity contribution < 1.29 is 29.1 Å². The van der Waals surface area contributed by atoms with Gasteiger partial charge in [0.05, 0.1) is 28.3 Å². The number of imide groups is 2.